The van der Waals surface area contributed by atoms with Gasteiger partial charge in [0.1, 0.15) is 0 Å². The van der Waals surface area contributed by atoms with Gasteiger partial charge in [0.25, 0.3) is 0 Å². The molecule has 0 bridgehead atoms. The summed E-state index contributed by atoms with van der Waals surface area (Å²) in [6, 6.07) is 0. The molecule has 0 aliphatic rings. The van der Waals surface area contributed by atoms with Gasteiger partial charge < -0.3 is 34.7 Å². The molecule has 0 fully saturated rings. The summed E-state index contributed by atoms with van der Waals surface area (Å²) in [5, 5.41) is 8.89. The van der Waals surface area contributed by atoms with E-state index in [1.54, 1.807) is 0 Å². The zero-order chi connectivity index (χ0) is 3.58. The van der Waals surface area contributed by atoms with Crippen molar-refractivity contribution in [3.05, 3.63) is 0 Å². The maximum Gasteiger partial charge on any atom is 3.00 e. The Morgan fingerprint density at radius 1 is 1.43 bits per heavy atom. The zero-order valence-corrected chi connectivity index (χ0v) is 6.46. The summed E-state index contributed by atoms with van der Waals surface area (Å²) in [4.78, 5) is 8.89. The number of carbonyl (C=O) groups is 1. The van der Waals surface area contributed by atoms with Crippen molar-refractivity contribution < 1.29 is 55.1 Å². The molecule has 0 unspecified atom stereocenters. The molecule has 0 aromatic heterocycles. The summed E-state index contributed by atoms with van der Waals surface area (Å²) in [6.07, 6.45) is 0. The molecule has 5 heteroatoms. The Morgan fingerprint density at radius 2 is 1.43 bits per heavy atom. The van der Waals surface area contributed by atoms with Crippen molar-refractivity contribution in [3.63, 3.8) is 0 Å². The number of carbonyl (C=O) groups excluding carboxylic acids is 1. The fourth-order valence-electron chi connectivity index (χ4n) is 0. The van der Waals surface area contributed by atoms with Gasteiger partial charge in [-0.25, -0.2) is 0 Å². The van der Waals surface area contributed by atoms with Gasteiger partial charge in [0, 0.05) is 5.97 Å². The second-order valence-corrected chi connectivity index (χ2v) is 0.492. The molecule has 0 rings (SSSR count). The van der Waals surface area contributed by atoms with E-state index < -0.39 is 5.97 Å². The van der Waals surface area contributed by atoms with Crippen molar-refractivity contribution in [1.82, 2.24) is 0 Å². The Hall–Kier alpha value is 0.712. The van der Waals surface area contributed by atoms with Gasteiger partial charge in [-0.2, -0.15) is 0 Å². The summed E-state index contributed by atoms with van der Waals surface area (Å²) in [5.74, 6) is -1.08. The first-order chi connectivity index (χ1) is 1.73. The number of aliphatic carboxylic acids is 1. The minimum Gasteiger partial charge on any atom is -1.00 e. The fourth-order valence-corrected chi connectivity index (χ4v) is 0. The third-order valence-electron chi connectivity index (χ3n) is 0. The maximum atomic E-state index is 8.89. The van der Waals surface area contributed by atoms with Crippen LogP contribution in [-0.4, -0.2) is 5.97 Å². The second-order valence-electron chi connectivity index (χ2n) is 0.492. The molecule has 1 radical (unpaired) electrons. The van der Waals surface area contributed by atoms with E-state index in [2.05, 4.69) is 0 Å². The molecule has 0 aliphatic heterocycles. The van der Waals surface area contributed by atoms with E-state index >= 15 is 0 Å². The van der Waals surface area contributed by atoms with Crippen molar-refractivity contribution in [2.45, 2.75) is 6.92 Å². The number of carboxylic acid groups (broad SMARTS) is 1. The van der Waals surface area contributed by atoms with Crippen LogP contribution in [0.3, 0.4) is 0 Å². The molecular formula is C2H3Cl2O2Pd. The van der Waals surface area contributed by atoms with Gasteiger partial charge in [0.2, 0.25) is 0 Å². The third kappa shape index (κ3) is 294. The standard InChI is InChI=1S/C2H4O2.2ClH.Pd/c1-2(3)4;;;/h1H3,(H,3,4);2*1H;/q;;;+3/p-3. The molecule has 2 nitrogen and oxygen atoms in total. The van der Waals surface area contributed by atoms with E-state index in [4.69, 9.17) is 9.90 Å². The normalized spacial score (nSPS) is 3.57. The van der Waals surface area contributed by atoms with E-state index in [9.17, 15) is 0 Å². The summed E-state index contributed by atoms with van der Waals surface area (Å²) < 4.78 is 0. The molecular weight excluding hydrogens is 233 g/mol. The second kappa shape index (κ2) is 15.9. The molecule has 0 N–H and O–H groups in total. The van der Waals surface area contributed by atoms with E-state index in [0.717, 1.165) is 6.92 Å². The van der Waals surface area contributed by atoms with Crippen molar-refractivity contribution in [2.24, 2.45) is 0 Å². The van der Waals surface area contributed by atoms with Crippen LogP contribution in [0.4, 0.5) is 0 Å². The van der Waals surface area contributed by atoms with Crippen LogP contribution in [0.1, 0.15) is 6.92 Å². The van der Waals surface area contributed by atoms with Gasteiger partial charge in [0.15, 0.2) is 0 Å². The van der Waals surface area contributed by atoms with Crippen LogP contribution in [0.5, 0.6) is 0 Å². The summed E-state index contributed by atoms with van der Waals surface area (Å²) >= 11 is 0. The van der Waals surface area contributed by atoms with E-state index in [1.807, 2.05) is 0 Å². The number of halogens is 2. The van der Waals surface area contributed by atoms with Crippen molar-refractivity contribution in [2.75, 3.05) is 0 Å². The van der Waals surface area contributed by atoms with Crippen molar-refractivity contribution >= 4 is 5.97 Å². The summed E-state index contributed by atoms with van der Waals surface area (Å²) in [5.41, 5.74) is 0. The maximum absolute atomic E-state index is 8.89. The van der Waals surface area contributed by atoms with Crippen molar-refractivity contribution in [1.29, 1.82) is 0 Å². The van der Waals surface area contributed by atoms with Gasteiger partial charge in [-0.05, 0) is 6.92 Å². The quantitative estimate of drug-likeness (QED) is 0.392. The fraction of sp³-hybridized carbons (Fsp3) is 0.500. The molecule has 0 saturated carbocycles. The van der Waals surface area contributed by atoms with E-state index in [1.165, 1.54) is 0 Å². The summed E-state index contributed by atoms with van der Waals surface area (Å²) in [7, 11) is 0. The van der Waals surface area contributed by atoms with Gasteiger partial charge in [-0.1, -0.05) is 0 Å². The molecule has 7 heavy (non-hydrogen) atoms. The first-order valence-electron chi connectivity index (χ1n) is 0.908. The smallest absolute Gasteiger partial charge is 1.00 e. The topological polar surface area (TPSA) is 40.1 Å². The molecule has 0 heterocycles. The summed E-state index contributed by atoms with van der Waals surface area (Å²) in [6.45, 7) is 0.972. The van der Waals surface area contributed by atoms with Crippen molar-refractivity contribution in [3.8, 4) is 0 Å². The minimum atomic E-state index is -1.08. The zero-order valence-electron chi connectivity index (χ0n) is 3.39. The molecule has 0 aliphatic carbocycles. The van der Waals surface area contributed by atoms with Crippen LogP contribution >= 0.6 is 0 Å². The molecule has 0 saturated heterocycles. The molecule has 0 spiro atoms. The molecule has 0 aromatic carbocycles. The Bertz CT molecular complexity index is 36.7. The van der Waals surface area contributed by atoms with Crippen LogP contribution in [0, 0.1) is 0 Å². The SMILES string of the molecule is CC(=O)[O-].[Cl-].[Cl-].[Pd+3]. The minimum absolute atomic E-state index is 0. The average molecular weight is 236 g/mol. The Morgan fingerprint density at radius 3 is 1.43 bits per heavy atom. The molecule has 0 aromatic rings. The van der Waals surface area contributed by atoms with Crippen LogP contribution in [0.25, 0.3) is 0 Å². The number of carboxylic acids is 1. The number of rotatable bonds is 0. The van der Waals surface area contributed by atoms with Gasteiger partial charge >= 0.3 is 20.4 Å². The Labute approximate surface area is 68.1 Å². The monoisotopic (exact) mass is 235 g/mol. The largest absolute Gasteiger partial charge is 3.00 e. The molecule has 0 atom stereocenters. The van der Waals surface area contributed by atoms with E-state index in [-0.39, 0.29) is 45.2 Å². The molecule has 0 amide bonds. The molecule has 47 valence electrons. The predicted octanol–water partition coefficient (Wildman–Crippen LogP) is -7.24. The number of hydrogen-bond donors (Lipinski definition) is 0. The Kier molecular flexibility index (Phi) is 57.2. The van der Waals surface area contributed by atoms with Crippen LogP contribution < -0.4 is 29.9 Å². The van der Waals surface area contributed by atoms with E-state index in [0.29, 0.717) is 0 Å². The first-order valence-corrected chi connectivity index (χ1v) is 0.908. The van der Waals surface area contributed by atoms with Crippen LogP contribution in [-0.2, 0) is 25.2 Å². The van der Waals surface area contributed by atoms with Gasteiger partial charge in [0.05, 0.1) is 0 Å². The Balaban J connectivity index is -0.0000000150. The van der Waals surface area contributed by atoms with Crippen LogP contribution in [0.2, 0.25) is 0 Å². The number of hydrogen-bond acceptors (Lipinski definition) is 2. The average Bonchev–Trinajstić information content (AvgIpc) is 0.811. The third-order valence-corrected chi connectivity index (χ3v) is 0. The predicted molar refractivity (Wildman–Crippen MR) is 10.7 cm³/mol. The first kappa shape index (κ1) is 25.2. The van der Waals surface area contributed by atoms with Gasteiger partial charge in [-0.15, -0.1) is 0 Å². The van der Waals surface area contributed by atoms with Crippen LogP contribution in [0.15, 0.2) is 0 Å². The van der Waals surface area contributed by atoms with Gasteiger partial charge in [-0.3, -0.25) is 0 Å².